The number of fused-ring (bicyclic) bond motifs is 1. The lowest BCUT2D eigenvalue weighted by molar-refractivity contribution is 0.236. The Hall–Kier alpha value is -4.95. The summed E-state index contributed by atoms with van der Waals surface area (Å²) < 4.78 is 14.5. The lowest BCUT2D eigenvalue weighted by Gasteiger charge is -2.23. The zero-order valence-corrected chi connectivity index (χ0v) is 32.4. The lowest BCUT2D eigenvalue weighted by Crippen LogP contribution is -2.24. The summed E-state index contributed by atoms with van der Waals surface area (Å²) in [5.41, 5.74) is 7.07. The Bertz CT molecular complexity index is 1800. The average molecular weight is 727 g/mol. The molecular formula is C47H58N4O3. The first kappa shape index (κ1) is 40.2. The fourth-order valence-electron chi connectivity index (χ4n) is 6.39. The third kappa shape index (κ3) is 12.9. The topological polar surface area (TPSA) is 63.0 Å². The van der Waals surface area contributed by atoms with E-state index in [2.05, 4.69) is 132 Å². The molecule has 0 radical (unpaired) electrons. The van der Waals surface area contributed by atoms with Crippen LogP contribution in [0.1, 0.15) is 68.1 Å². The summed E-state index contributed by atoms with van der Waals surface area (Å²) in [6.45, 7) is 14.5. The van der Waals surface area contributed by atoms with Crippen molar-refractivity contribution in [2.45, 2.75) is 79.4 Å². The number of benzene rings is 5. The molecule has 0 unspecified atom stereocenters. The van der Waals surface area contributed by atoms with Gasteiger partial charge in [-0.3, -0.25) is 4.90 Å². The highest BCUT2D eigenvalue weighted by Gasteiger charge is 2.16. The van der Waals surface area contributed by atoms with Gasteiger partial charge in [-0.15, -0.1) is 0 Å². The highest BCUT2D eigenvalue weighted by Crippen LogP contribution is 2.23. The van der Waals surface area contributed by atoms with Crippen LogP contribution in [0.15, 0.2) is 133 Å². The van der Waals surface area contributed by atoms with Crippen LogP contribution in [0, 0.1) is 0 Å². The van der Waals surface area contributed by atoms with Gasteiger partial charge in [-0.05, 0) is 84.6 Å². The molecule has 0 fully saturated rings. The molecule has 0 aliphatic carbocycles. The summed E-state index contributed by atoms with van der Waals surface area (Å²) in [7, 11) is 0. The van der Waals surface area contributed by atoms with Gasteiger partial charge in [-0.25, -0.2) is 4.98 Å². The predicted molar refractivity (Wildman–Crippen MR) is 222 cm³/mol. The Morgan fingerprint density at radius 2 is 1.07 bits per heavy atom. The molecule has 1 aromatic heterocycles. The summed E-state index contributed by atoms with van der Waals surface area (Å²) >= 11 is 0. The SMILES string of the molecule is CCCCn1c(CN(Cc2ccc(OCc3ccccc3)cc2)Cc2ccc(OCc3ccccc3)cc2)nc2ccccc21.CCN(CC)CCCO. The summed E-state index contributed by atoms with van der Waals surface area (Å²) in [6, 6.07) is 46.0. The zero-order valence-electron chi connectivity index (χ0n) is 32.4. The van der Waals surface area contributed by atoms with Crippen molar-refractivity contribution < 1.29 is 14.6 Å². The van der Waals surface area contributed by atoms with Gasteiger partial charge in [0.25, 0.3) is 0 Å². The van der Waals surface area contributed by atoms with Crippen LogP contribution in [0.2, 0.25) is 0 Å². The van der Waals surface area contributed by atoms with E-state index in [-0.39, 0.29) is 0 Å². The minimum absolute atomic E-state index is 0.316. The van der Waals surface area contributed by atoms with E-state index in [0.717, 1.165) is 99.0 Å². The van der Waals surface area contributed by atoms with Gasteiger partial charge in [0.1, 0.15) is 30.5 Å². The zero-order chi connectivity index (χ0) is 37.8. The van der Waals surface area contributed by atoms with Gasteiger partial charge in [-0.2, -0.15) is 0 Å². The second-order valence-electron chi connectivity index (χ2n) is 13.6. The van der Waals surface area contributed by atoms with Crippen molar-refractivity contribution in [1.82, 2.24) is 19.4 Å². The van der Waals surface area contributed by atoms with E-state index in [1.54, 1.807) is 0 Å². The molecule has 5 aromatic carbocycles. The molecule has 6 rings (SSSR count). The van der Waals surface area contributed by atoms with E-state index in [9.17, 15) is 0 Å². The van der Waals surface area contributed by atoms with Gasteiger partial charge >= 0.3 is 0 Å². The Labute approximate surface area is 322 Å². The van der Waals surface area contributed by atoms with Crippen LogP contribution < -0.4 is 9.47 Å². The van der Waals surface area contributed by atoms with Crippen LogP contribution in [-0.4, -0.2) is 50.7 Å². The summed E-state index contributed by atoms with van der Waals surface area (Å²) in [5.74, 6) is 2.86. The van der Waals surface area contributed by atoms with Gasteiger partial charge in [-0.1, -0.05) is 124 Å². The molecule has 7 heteroatoms. The summed E-state index contributed by atoms with van der Waals surface area (Å²) in [6.07, 6.45) is 3.18. The number of aliphatic hydroxyl groups is 1. The van der Waals surface area contributed by atoms with Gasteiger partial charge in [0.2, 0.25) is 0 Å². The number of aryl methyl sites for hydroxylation is 1. The first-order valence-electron chi connectivity index (χ1n) is 19.6. The third-order valence-corrected chi connectivity index (χ3v) is 9.52. The van der Waals surface area contributed by atoms with Crippen LogP contribution >= 0.6 is 0 Å². The van der Waals surface area contributed by atoms with Crippen LogP contribution in [0.3, 0.4) is 0 Å². The minimum atomic E-state index is 0.316. The van der Waals surface area contributed by atoms with Gasteiger partial charge in [0.15, 0.2) is 0 Å². The van der Waals surface area contributed by atoms with Crippen LogP contribution in [-0.2, 0) is 39.4 Å². The van der Waals surface area contributed by atoms with Crippen molar-refractivity contribution in [2.24, 2.45) is 0 Å². The van der Waals surface area contributed by atoms with Crippen molar-refractivity contribution in [2.75, 3.05) is 26.2 Å². The average Bonchev–Trinajstić information content (AvgIpc) is 3.57. The largest absolute Gasteiger partial charge is 0.489 e. The smallest absolute Gasteiger partial charge is 0.124 e. The van der Waals surface area contributed by atoms with Crippen molar-refractivity contribution in [1.29, 1.82) is 0 Å². The van der Waals surface area contributed by atoms with E-state index in [4.69, 9.17) is 19.6 Å². The molecule has 54 heavy (non-hydrogen) atoms. The Morgan fingerprint density at radius 3 is 1.57 bits per heavy atom. The molecule has 1 N–H and O–H groups in total. The molecule has 0 saturated carbocycles. The highest BCUT2D eigenvalue weighted by atomic mass is 16.5. The second-order valence-corrected chi connectivity index (χ2v) is 13.6. The highest BCUT2D eigenvalue weighted by molar-refractivity contribution is 5.75. The van der Waals surface area contributed by atoms with E-state index >= 15 is 0 Å². The second kappa shape index (κ2) is 22.3. The number of nitrogens with zero attached hydrogens (tertiary/aromatic N) is 4. The van der Waals surface area contributed by atoms with Crippen molar-refractivity contribution >= 4 is 11.0 Å². The molecule has 6 aromatic rings. The number of imidazole rings is 1. The summed E-state index contributed by atoms with van der Waals surface area (Å²) in [5, 5.41) is 8.48. The van der Waals surface area contributed by atoms with Crippen LogP contribution in [0.5, 0.6) is 11.5 Å². The number of aromatic nitrogens is 2. The van der Waals surface area contributed by atoms with E-state index < -0.39 is 0 Å². The summed E-state index contributed by atoms with van der Waals surface area (Å²) in [4.78, 5) is 9.88. The predicted octanol–water partition coefficient (Wildman–Crippen LogP) is 9.91. The number of rotatable bonds is 20. The molecule has 0 amide bonds. The maximum absolute atomic E-state index is 8.48. The van der Waals surface area contributed by atoms with E-state index in [0.29, 0.717) is 19.8 Å². The molecule has 1 heterocycles. The van der Waals surface area contributed by atoms with E-state index in [1.807, 2.05) is 36.4 Å². The van der Waals surface area contributed by atoms with E-state index in [1.165, 1.54) is 16.6 Å². The van der Waals surface area contributed by atoms with Crippen molar-refractivity contribution in [3.63, 3.8) is 0 Å². The quantitative estimate of drug-likeness (QED) is 0.0846. The monoisotopic (exact) mass is 726 g/mol. The van der Waals surface area contributed by atoms with Crippen LogP contribution in [0.25, 0.3) is 11.0 Å². The molecular weight excluding hydrogens is 669 g/mol. The fourth-order valence-corrected chi connectivity index (χ4v) is 6.39. The molecule has 7 nitrogen and oxygen atoms in total. The molecule has 0 saturated heterocycles. The molecule has 284 valence electrons. The molecule has 0 spiro atoms. The van der Waals surface area contributed by atoms with Crippen LogP contribution in [0.4, 0.5) is 0 Å². The number of unbranched alkanes of at least 4 members (excludes halogenated alkanes) is 1. The first-order valence-corrected chi connectivity index (χ1v) is 19.6. The van der Waals surface area contributed by atoms with Gasteiger partial charge in [0, 0.05) is 32.8 Å². The molecule has 0 bridgehead atoms. The van der Waals surface area contributed by atoms with Gasteiger partial charge < -0.3 is 24.0 Å². The fraction of sp³-hybridized carbons (Fsp3) is 0.340. The molecule has 0 atom stereocenters. The van der Waals surface area contributed by atoms with Crippen molar-refractivity contribution in [3.05, 3.63) is 162 Å². The minimum Gasteiger partial charge on any atom is -0.489 e. The number of ether oxygens (including phenoxy) is 2. The number of aliphatic hydroxyl groups excluding tert-OH is 1. The maximum Gasteiger partial charge on any atom is 0.124 e. The Morgan fingerprint density at radius 1 is 0.556 bits per heavy atom. The number of hydrogen-bond acceptors (Lipinski definition) is 6. The third-order valence-electron chi connectivity index (χ3n) is 9.52. The lowest BCUT2D eigenvalue weighted by atomic mass is 10.1. The number of para-hydroxylation sites is 2. The maximum atomic E-state index is 8.48. The Balaban J connectivity index is 0.000000554. The first-order chi connectivity index (χ1) is 26.6. The normalized spacial score (nSPS) is 11.1. The van der Waals surface area contributed by atoms with Gasteiger partial charge in [0.05, 0.1) is 17.6 Å². The number of hydrogen-bond donors (Lipinski definition) is 1. The molecule has 0 aliphatic heterocycles. The Kier molecular flexibility index (Phi) is 16.6. The van der Waals surface area contributed by atoms with Crippen molar-refractivity contribution in [3.8, 4) is 11.5 Å². The standard InChI is InChI=1S/C40H41N3O2.C7H17NO/c1-2-3-26-43-39-17-11-10-16-38(39)41-40(43)29-42(27-32-18-22-36(23-19-32)44-30-34-12-6-4-7-13-34)28-33-20-24-37(25-21-33)45-31-35-14-8-5-9-15-35;1-3-8(4-2)6-5-7-9/h4-25H,2-3,26-31H2,1H3;9H,3-7H2,1-2H3. The molecule has 0 aliphatic rings.